The van der Waals surface area contributed by atoms with Gasteiger partial charge in [0, 0.05) is 11.6 Å². The van der Waals surface area contributed by atoms with Gasteiger partial charge in [-0.2, -0.15) is 0 Å². The smallest absolute Gasteiger partial charge is 0.237 e. The minimum Gasteiger partial charge on any atom is -0.307 e. The van der Waals surface area contributed by atoms with Crippen LogP contribution in [0.3, 0.4) is 0 Å². The Morgan fingerprint density at radius 3 is 2.80 bits per heavy atom. The lowest BCUT2D eigenvalue weighted by molar-refractivity contribution is -0.134. The van der Waals surface area contributed by atoms with E-state index < -0.39 is 5.41 Å². The molecule has 0 spiro atoms. The fraction of sp³-hybridized carbons (Fsp3) is 0.409. The first kappa shape index (κ1) is 16.7. The molecule has 3 aliphatic rings. The van der Waals surface area contributed by atoms with Crippen LogP contribution in [0.4, 0.5) is 0 Å². The molecule has 2 nitrogen and oxygen atoms in total. The maximum absolute atomic E-state index is 13.4. The molecular formula is C22H24ClNO. The highest BCUT2D eigenvalue weighted by molar-refractivity contribution is 6.30. The number of allylic oxidation sites excluding steroid dienone is 2. The summed E-state index contributed by atoms with van der Waals surface area (Å²) in [4.78, 5) is 15.3. The minimum absolute atomic E-state index is 0.216. The van der Waals surface area contributed by atoms with E-state index in [1.165, 1.54) is 31.3 Å². The first-order valence-electron chi connectivity index (χ1n) is 9.18. The fourth-order valence-corrected chi connectivity index (χ4v) is 4.91. The number of nitrogens with zero attached hydrogens (tertiary/aromatic N) is 1. The van der Waals surface area contributed by atoms with Gasteiger partial charge in [0.15, 0.2) is 0 Å². The van der Waals surface area contributed by atoms with Gasteiger partial charge in [-0.05, 0) is 61.8 Å². The van der Waals surface area contributed by atoms with Crippen LogP contribution in [0, 0.1) is 11.3 Å². The molecule has 0 aromatic heterocycles. The number of hydrogen-bond acceptors (Lipinski definition) is 1. The quantitative estimate of drug-likeness (QED) is 0.647. The lowest BCUT2D eigenvalue weighted by Gasteiger charge is -2.38. The molecule has 1 saturated carbocycles. The van der Waals surface area contributed by atoms with Crippen molar-refractivity contribution in [3.8, 4) is 0 Å². The van der Waals surface area contributed by atoms with Crippen LogP contribution in [-0.2, 0) is 4.79 Å². The summed E-state index contributed by atoms with van der Waals surface area (Å²) in [6.07, 6.45) is 10.1. The molecule has 0 unspecified atom stereocenters. The minimum atomic E-state index is -0.413. The third kappa shape index (κ3) is 2.58. The lowest BCUT2D eigenvalue weighted by Crippen LogP contribution is -2.38. The summed E-state index contributed by atoms with van der Waals surface area (Å²) in [5, 5.41) is 0.714. The predicted octanol–water partition coefficient (Wildman–Crippen LogP) is 5.61. The van der Waals surface area contributed by atoms with Crippen molar-refractivity contribution < 1.29 is 4.79 Å². The van der Waals surface area contributed by atoms with Gasteiger partial charge >= 0.3 is 0 Å². The molecule has 130 valence electrons. The van der Waals surface area contributed by atoms with Crippen LogP contribution in [0.2, 0.25) is 5.02 Å². The summed E-state index contributed by atoms with van der Waals surface area (Å²) in [6, 6.07) is 7.84. The first-order valence-corrected chi connectivity index (χ1v) is 9.56. The van der Waals surface area contributed by atoms with Crippen LogP contribution in [0.5, 0.6) is 0 Å². The highest BCUT2D eigenvalue weighted by atomic mass is 35.5. The molecule has 0 radical (unpaired) electrons. The zero-order valence-electron chi connectivity index (χ0n) is 14.7. The predicted molar refractivity (Wildman–Crippen MR) is 103 cm³/mol. The Hall–Kier alpha value is -1.80. The van der Waals surface area contributed by atoms with Crippen LogP contribution >= 0.6 is 11.6 Å². The van der Waals surface area contributed by atoms with E-state index in [9.17, 15) is 4.79 Å². The third-order valence-corrected chi connectivity index (χ3v) is 6.29. The fourth-order valence-electron chi connectivity index (χ4n) is 4.78. The van der Waals surface area contributed by atoms with Crippen molar-refractivity contribution in [1.29, 1.82) is 0 Å². The number of carbonyl (C=O) groups is 1. The molecule has 1 fully saturated rings. The molecule has 1 heterocycles. The van der Waals surface area contributed by atoms with Crippen molar-refractivity contribution in [3.63, 3.8) is 0 Å². The molecule has 0 saturated heterocycles. The van der Waals surface area contributed by atoms with Crippen LogP contribution in [0.25, 0.3) is 5.70 Å². The Labute approximate surface area is 154 Å². The van der Waals surface area contributed by atoms with Gasteiger partial charge in [-0.15, -0.1) is 6.58 Å². The van der Waals surface area contributed by atoms with Crippen LogP contribution < -0.4 is 0 Å². The second-order valence-electron chi connectivity index (χ2n) is 7.67. The van der Waals surface area contributed by atoms with Gasteiger partial charge in [0.1, 0.15) is 0 Å². The maximum atomic E-state index is 13.4. The molecule has 1 aromatic carbocycles. The number of carbonyl (C=O) groups excluding carboxylic acids is 1. The Morgan fingerprint density at radius 1 is 1.32 bits per heavy atom. The number of hydrogen-bond donors (Lipinski definition) is 0. The maximum Gasteiger partial charge on any atom is 0.237 e. The molecule has 0 bridgehead atoms. The van der Waals surface area contributed by atoms with Gasteiger partial charge in [-0.1, -0.05) is 47.9 Å². The van der Waals surface area contributed by atoms with E-state index in [0.717, 1.165) is 17.7 Å². The number of halogens is 1. The zero-order chi connectivity index (χ0) is 17.6. The second-order valence-corrected chi connectivity index (χ2v) is 8.11. The van der Waals surface area contributed by atoms with Gasteiger partial charge in [0.2, 0.25) is 5.91 Å². The van der Waals surface area contributed by atoms with Crippen molar-refractivity contribution in [2.24, 2.45) is 11.3 Å². The molecule has 0 N–H and O–H groups in total. The molecule has 25 heavy (non-hydrogen) atoms. The molecule has 2 aliphatic carbocycles. The van der Waals surface area contributed by atoms with E-state index in [1.54, 1.807) is 5.57 Å². The van der Waals surface area contributed by atoms with Crippen LogP contribution in [0.15, 0.2) is 54.1 Å². The Balaban J connectivity index is 1.90. The Morgan fingerprint density at radius 2 is 2.08 bits per heavy atom. The van der Waals surface area contributed by atoms with Gasteiger partial charge in [-0.25, -0.2) is 0 Å². The normalized spacial score (nSPS) is 28.6. The van der Waals surface area contributed by atoms with E-state index in [4.69, 9.17) is 11.6 Å². The van der Waals surface area contributed by atoms with Crippen molar-refractivity contribution in [2.75, 3.05) is 6.54 Å². The summed E-state index contributed by atoms with van der Waals surface area (Å²) in [5.41, 5.74) is 4.42. The third-order valence-electron chi connectivity index (χ3n) is 6.04. The molecule has 2 atom stereocenters. The van der Waals surface area contributed by atoms with Crippen molar-refractivity contribution in [3.05, 3.63) is 64.7 Å². The summed E-state index contributed by atoms with van der Waals surface area (Å²) in [6.45, 7) is 6.54. The molecule has 1 amide bonds. The highest BCUT2D eigenvalue weighted by Crippen LogP contribution is 2.54. The summed E-state index contributed by atoms with van der Waals surface area (Å²) in [7, 11) is 0. The van der Waals surface area contributed by atoms with E-state index in [0.29, 0.717) is 17.5 Å². The largest absolute Gasteiger partial charge is 0.307 e. The highest BCUT2D eigenvalue weighted by Gasteiger charge is 2.51. The first-order chi connectivity index (χ1) is 12.0. The average Bonchev–Trinajstić information content (AvgIpc) is 2.82. The van der Waals surface area contributed by atoms with Crippen molar-refractivity contribution in [1.82, 2.24) is 4.90 Å². The number of benzene rings is 1. The van der Waals surface area contributed by atoms with E-state index in [1.807, 2.05) is 35.2 Å². The standard InChI is InChI=1S/C22H24ClNO/c1-3-12-24-20(15-8-10-18(23)11-9-15)19-13-16-6-4-5-7-17(16)14-22(19,2)21(24)25/h3,8-11,13,17H,1,4-7,12,14H2,2H3/t17-,22-/m1/s1. The topological polar surface area (TPSA) is 20.3 Å². The van der Waals surface area contributed by atoms with E-state index in [2.05, 4.69) is 19.6 Å². The van der Waals surface area contributed by atoms with Gasteiger partial charge in [-0.3, -0.25) is 4.79 Å². The zero-order valence-corrected chi connectivity index (χ0v) is 15.5. The van der Waals surface area contributed by atoms with E-state index in [-0.39, 0.29) is 5.91 Å². The van der Waals surface area contributed by atoms with Crippen LogP contribution in [0.1, 0.15) is 44.6 Å². The number of amides is 1. The SMILES string of the molecule is C=CCN1C(=O)[C@]2(C)C[C@H]3CCCCC3=CC2=C1c1ccc(Cl)cc1. The Kier molecular flexibility index (Phi) is 4.11. The van der Waals surface area contributed by atoms with Crippen molar-refractivity contribution >= 4 is 23.2 Å². The molecule has 1 aliphatic heterocycles. The van der Waals surface area contributed by atoms with Crippen LogP contribution in [-0.4, -0.2) is 17.4 Å². The lowest BCUT2D eigenvalue weighted by atomic mass is 9.65. The molecule has 1 aromatic rings. The van der Waals surface area contributed by atoms with Gasteiger partial charge < -0.3 is 4.90 Å². The van der Waals surface area contributed by atoms with Crippen molar-refractivity contribution in [2.45, 2.75) is 39.0 Å². The van der Waals surface area contributed by atoms with Gasteiger partial charge in [0.25, 0.3) is 0 Å². The summed E-state index contributed by atoms with van der Waals surface area (Å²) < 4.78 is 0. The number of rotatable bonds is 3. The second kappa shape index (κ2) is 6.17. The van der Waals surface area contributed by atoms with E-state index >= 15 is 0 Å². The summed E-state index contributed by atoms with van der Waals surface area (Å²) in [5.74, 6) is 0.787. The number of fused-ring (bicyclic) bond motifs is 2. The summed E-state index contributed by atoms with van der Waals surface area (Å²) >= 11 is 6.08. The molecule has 4 rings (SSSR count). The molecule has 3 heteroatoms. The Bertz CT molecular complexity index is 789. The monoisotopic (exact) mass is 353 g/mol. The molecular weight excluding hydrogens is 330 g/mol. The average molecular weight is 354 g/mol. The van der Waals surface area contributed by atoms with Gasteiger partial charge in [0.05, 0.1) is 11.1 Å².